The predicted molar refractivity (Wildman–Crippen MR) is 158 cm³/mol. The molecule has 0 atom stereocenters. The van der Waals surface area contributed by atoms with Gasteiger partial charge in [-0.2, -0.15) is 9.97 Å². The number of sulfonamides is 1. The van der Waals surface area contributed by atoms with E-state index >= 15 is 0 Å². The summed E-state index contributed by atoms with van der Waals surface area (Å²) in [6.45, 7) is 0.530. The Labute approximate surface area is 242 Å². The van der Waals surface area contributed by atoms with Crippen LogP contribution in [0.1, 0.15) is 57.4 Å². The highest BCUT2D eigenvalue weighted by atomic mass is 35.5. The van der Waals surface area contributed by atoms with Crippen LogP contribution in [0.3, 0.4) is 0 Å². The standard InChI is InChI=1S/C25H36N8O3S.2ClH/c1-36-20-10-12-21(13-11-20)37(34,35)29-15-14-27-23-22-24(33(16-28-22)19-4-2-3-5-19)32-25(31-23)30-18-8-6-17(26)7-9-18;;/h10-13,16-19,29H,2-9,14-15,26H2,1H3,(H2,27,30,31,32);2*1H. The van der Waals surface area contributed by atoms with E-state index in [1.807, 2.05) is 6.33 Å². The van der Waals surface area contributed by atoms with Gasteiger partial charge in [0.2, 0.25) is 16.0 Å². The first-order chi connectivity index (χ1) is 17.9. The molecule has 0 amide bonds. The minimum atomic E-state index is -3.64. The SMILES string of the molecule is COc1ccc(S(=O)(=O)NCCNc2nc(NC3CCC(N)CC3)nc3c2ncn3C2CCCC2)cc1.Cl.Cl. The number of nitrogens with one attached hydrogen (secondary N) is 3. The van der Waals surface area contributed by atoms with E-state index in [0.717, 1.165) is 44.2 Å². The number of rotatable bonds is 10. The van der Waals surface area contributed by atoms with Crippen LogP contribution in [0.15, 0.2) is 35.5 Å². The Hall–Kier alpha value is -2.38. The molecule has 0 unspecified atom stereocenters. The van der Waals surface area contributed by atoms with Crippen LogP contribution in [0.25, 0.3) is 11.2 Å². The van der Waals surface area contributed by atoms with Crippen molar-refractivity contribution in [2.75, 3.05) is 30.8 Å². The monoisotopic (exact) mass is 600 g/mol. The maximum absolute atomic E-state index is 12.7. The maximum Gasteiger partial charge on any atom is 0.240 e. The first kappa shape index (κ1) is 31.2. The fourth-order valence-corrected chi connectivity index (χ4v) is 6.24. The van der Waals surface area contributed by atoms with Gasteiger partial charge in [-0.1, -0.05) is 12.8 Å². The molecule has 0 radical (unpaired) electrons. The molecule has 2 aliphatic rings. The molecule has 39 heavy (non-hydrogen) atoms. The van der Waals surface area contributed by atoms with Gasteiger partial charge >= 0.3 is 0 Å². The Morgan fingerprint density at radius 1 is 1.00 bits per heavy atom. The summed E-state index contributed by atoms with van der Waals surface area (Å²) in [5, 5.41) is 6.79. The number of nitrogens with zero attached hydrogens (tertiary/aromatic N) is 4. The summed E-state index contributed by atoms with van der Waals surface area (Å²) in [4.78, 5) is 14.4. The molecule has 0 spiro atoms. The fourth-order valence-electron chi connectivity index (χ4n) is 5.20. The van der Waals surface area contributed by atoms with Crippen molar-refractivity contribution in [2.24, 2.45) is 5.73 Å². The van der Waals surface area contributed by atoms with Gasteiger partial charge in [0.1, 0.15) is 5.75 Å². The number of hydrogen-bond donors (Lipinski definition) is 4. The highest BCUT2D eigenvalue weighted by Crippen LogP contribution is 2.33. The number of halogens is 2. The van der Waals surface area contributed by atoms with Crippen molar-refractivity contribution in [1.29, 1.82) is 0 Å². The summed E-state index contributed by atoms with van der Waals surface area (Å²) in [5.74, 6) is 1.76. The summed E-state index contributed by atoms with van der Waals surface area (Å²) in [7, 11) is -2.10. The van der Waals surface area contributed by atoms with Crippen LogP contribution in [-0.4, -0.2) is 60.2 Å². The molecule has 0 saturated heterocycles. The normalized spacial score (nSPS) is 19.7. The van der Waals surface area contributed by atoms with E-state index in [1.54, 1.807) is 19.2 Å². The molecule has 3 aromatic rings. The van der Waals surface area contributed by atoms with Crippen LogP contribution in [0.5, 0.6) is 5.75 Å². The fraction of sp³-hybridized carbons (Fsp3) is 0.560. The Morgan fingerprint density at radius 3 is 2.36 bits per heavy atom. The van der Waals surface area contributed by atoms with Gasteiger partial charge in [-0.15, -0.1) is 24.8 Å². The van der Waals surface area contributed by atoms with Crippen molar-refractivity contribution in [1.82, 2.24) is 24.2 Å². The highest BCUT2D eigenvalue weighted by Gasteiger charge is 2.24. The number of ether oxygens (including phenoxy) is 1. The summed E-state index contributed by atoms with van der Waals surface area (Å²) in [6, 6.07) is 7.24. The van der Waals surface area contributed by atoms with E-state index in [0.29, 0.717) is 35.6 Å². The maximum atomic E-state index is 12.7. The van der Waals surface area contributed by atoms with E-state index in [-0.39, 0.29) is 48.3 Å². The number of nitrogens with two attached hydrogens (primary N) is 1. The third-order valence-electron chi connectivity index (χ3n) is 7.32. The largest absolute Gasteiger partial charge is 0.497 e. The van der Waals surface area contributed by atoms with Gasteiger partial charge in [0, 0.05) is 31.2 Å². The zero-order valence-electron chi connectivity index (χ0n) is 22.0. The summed E-state index contributed by atoms with van der Waals surface area (Å²) in [5.41, 5.74) is 7.58. The topological polar surface area (TPSA) is 149 Å². The Kier molecular flexibility index (Phi) is 11.0. The lowest BCUT2D eigenvalue weighted by atomic mass is 9.92. The van der Waals surface area contributed by atoms with E-state index in [2.05, 4.69) is 24.9 Å². The summed E-state index contributed by atoms with van der Waals surface area (Å²) >= 11 is 0. The van der Waals surface area contributed by atoms with E-state index in [1.165, 1.54) is 25.0 Å². The van der Waals surface area contributed by atoms with Crippen molar-refractivity contribution in [3.8, 4) is 5.75 Å². The van der Waals surface area contributed by atoms with Gasteiger partial charge in [-0.3, -0.25) is 0 Å². The molecule has 14 heteroatoms. The number of methoxy groups -OCH3 is 1. The van der Waals surface area contributed by atoms with Crippen molar-refractivity contribution in [2.45, 2.75) is 74.4 Å². The van der Waals surface area contributed by atoms with Crippen molar-refractivity contribution in [3.63, 3.8) is 0 Å². The molecule has 2 saturated carbocycles. The highest BCUT2D eigenvalue weighted by molar-refractivity contribution is 7.89. The third-order valence-corrected chi connectivity index (χ3v) is 8.80. The lowest BCUT2D eigenvalue weighted by Crippen LogP contribution is -2.33. The third kappa shape index (κ3) is 7.43. The van der Waals surface area contributed by atoms with Crippen LogP contribution in [0, 0.1) is 0 Å². The second-order valence-electron chi connectivity index (χ2n) is 9.91. The van der Waals surface area contributed by atoms with Crippen LogP contribution >= 0.6 is 24.8 Å². The van der Waals surface area contributed by atoms with Gasteiger partial charge in [0.05, 0.1) is 18.3 Å². The molecule has 2 fully saturated rings. The summed E-state index contributed by atoms with van der Waals surface area (Å²) < 4.78 is 35.2. The molecule has 0 bridgehead atoms. The quantitative estimate of drug-likeness (QED) is 0.254. The Bertz CT molecular complexity index is 1310. The molecular weight excluding hydrogens is 563 g/mol. The molecule has 2 heterocycles. The number of fused-ring (bicyclic) bond motifs is 1. The van der Waals surface area contributed by atoms with Crippen LogP contribution < -0.4 is 25.8 Å². The van der Waals surface area contributed by atoms with E-state index in [4.69, 9.17) is 20.4 Å². The second-order valence-corrected chi connectivity index (χ2v) is 11.7. The van der Waals surface area contributed by atoms with Gasteiger partial charge in [-0.05, 0) is 62.8 Å². The predicted octanol–water partition coefficient (Wildman–Crippen LogP) is 3.87. The van der Waals surface area contributed by atoms with Crippen molar-refractivity contribution >= 4 is 57.8 Å². The van der Waals surface area contributed by atoms with E-state index < -0.39 is 10.0 Å². The van der Waals surface area contributed by atoms with Gasteiger partial charge in [-0.25, -0.2) is 18.1 Å². The molecular formula is C25H38Cl2N8O3S. The average Bonchev–Trinajstić information content (AvgIpc) is 3.58. The number of anilines is 2. The second kappa shape index (κ2) is 13.8. The van der Waals surface area contributed by atoms with E-state index in [9.17, 15) is 8.42 Å². The van der Waals surface area contributed by atoms with Crippen LogP contribution in [-0.2, 0) is 10.0 Å². The minimum Gasteiger partial charge on any atom is -0.497 e. The molecule has 216 valence electrons. The number of benzene rings is 1. The minimum absolute atomic E-state index is 0. The first-order valence-electron chi connectivity index (χ1n) is 13.1. The van der Waals surface area contributed by atoms with Gasteiger partial charge < -0.3 is 25.7 Å². The number of imidazole rings is 1. The smallest absolute Gasteiger partial charge is 0.240 e. The van der Waals surface area contributed by atoms with Crippen molar-refractivity contribution in [3.05, 3.63) is 30.6 Å². The lowest BCUT2D eigenvalue weighted by Gasteiger charge is -2.27. The Morgan fingerprint density at radius 2 is 1.69 bits per heavy atom. The molecule has 0 aliphatic heterocycles. The number of hydrogen-bond acceptors (Lipinski definition) is 9. The Balaban J connectivity index is 0.00000210. The van der Waals surface area contributed by atoms with Gasteiger partial charge in [0.15, 0.2) is 17.0 Å². The van der Waals surface area contributed by atoms with Crippen LogP contribution in [0.4, 0.5) is 11.8 Å². The molecule has 2 aromatic heterocycles. The first-order valence-corrected chi connectivity index (χ1v) is 14.6. The number of aromatic nitrogens is 4. The lowest BCUT2D eigenvalue weighted by molar-refractivity contribution is 0.410. The zero-order chi connectivity index (χ0) is 25.8. The summed E-state index contributed by atoms with van der Waals surface area (Å²) in [6.07, 6.45) is 10.5. The van der Waals surface area contributed by atoms with Gasteiger partial charge in [0.25, 0.3) is 0 Å². The zero-order valence-corrected chi connectivity index (χ0v) is 24.5. The molecule has 1 aromatic carbocycles. The molecule has 5 N–H and O–H groups in total. The molecule has 11 nitrogen and oxygen atoms in total. The molecule has 5 rings (SSSR count). The average molecular weight is 602 g/mol. The van der Waals surface area contributed by atoms with Crippen molar-refractivity contribution < 1.29 is 13.2 Å². The molecule has 2 aliphatic carbocycles. The van der Waals surface area contributed by atoms with Crippen LogP contribution in [0.2, 0.25) is 0 Å².